The lowest BCUT2D eigenvalue weighted by molar-refractivity contribution is -0.123. The van der Waals surface area contributed by atoms with Gasteiger partial charge < -0.3 is 30.0 Å². The van der Waals surface area contributed by atoms with Crippen molar-refractivity contribution in [2.75, 3.05) is 38.2 Å². The lowest BCUT2D eigenvalue weighted by Gasteiger charge is -2.28. The van der Waals surface area contributed by atoms with E-state index in [4.69, 9.17) is 9.15 Å². The molecule has 4 rings (SSSR count). The van der Waals surface area contributed by atoms with E-state index in [1.807, 2.05) is 31.2 Å². The average molecular weight is 474 g/mol. The Labute approximate surface area is 202 Å². The Morgan fingerprint density at radius 2 is 1.79 bits per heavy atom. The van der Waals surface area contributed by atoms with Gasteiger partial charge in [0.1, 0.15) is 11.6 Å². The number of hydrogen-bond donors (Lipinski definition) is 3. The summed E-state index contributed by atoms with van der Waals surface area (Å²) < 4.78 is 10.8. The van der Waals surface area contributed by atoms with Gasteiger partial charge in [-0.3, -0.25) is 4.79 Å². The van der Waals surface area contributed by atoms with E-state index in [0.29, 0.717) is 44.4 Å². The number of hydrogen-bond acceptors (Lipinski definition) is 6. The van der Waals surface area contributed by atoms with Gasteiger partial charge in [-0.05, 0) is 31.9 Å². The lowest BCUT2D eigenvalue weighted by atomic mass is 9.91. The summed E-state index contributed by atoms with van der Waals surface area (Å²) >= 11 is 0. The van der Waals surface area contributed by atoms with Gasteiger partial charge in [-0.15, -0.1) is 0 Å². The van der Waals surface area contributed by atoms with E-state index in [1.54, 1.807) is 11.8 Å². The minimum atomic E-state index is -0.632. The van der Waals surface area contributed by atoms with Crippen molar-refractivity contribution in [1.29, 1.82) is 0 Å². The maximum absolute atomic E-state index is 12.3. The predicted octanol–water partition coefficient (Wildman–Crippen LogP) is 3.76. The van der Waals surface area contributed by atoms with Gasteiger partial charge in [-0.25, -0.2) is 4.79 Å². The molecule has 0 unspecified atom stereocenters. The molecule has 2 atom stereocenters. The number of nitrogens with one attached hydrogen (secondary N) is 3. The molecule has 1 aromatic heterocycles. The molecule has 188 valence electrons. The van der Waals surface area contributed by atoms with Crippen LogP contribution in [0.25, 0.3) is 11.1 Å². The van der Waals surface area contributed by atoms with Gasteiger partial charge in [0.25, 0.3) is 6.01 Å². The maximum atomic E-state index is 12.3. The standard InChI is InChI=1S/C18H25N5O4.C7H14/c1-12(11-19-17-22-14-5-3-4-6-15(14)27-17)20-16(24)13(2)21-18(25)23-7-9-26-10-8-23;1-7-5-3-2-4-6-7/h3-6,12-13H,7-11H2,1-2H3,(H,19,22)(H,20,24)(H,21,25);7H,2-6H2,1H3/t12-,13-;/m0./s1. The van der Waals surface area contributed by atoms with Crippen molar-refractivity contribution in [2.45, 2.75) is 65.0 Å². The fraction of sp³-hybridized carbons (Fsp3) is 0.640. The second kappa shape index (κ2) is 13.2. The molecule has 1 aromatic carbocycles. The first kappa shape index (κ1) is 25.8. The van der Waals surface area contributed by atoms with Gasteiger partial charge in [-0.1, -0.05) is 51.2 Å². The third-order valence-corrected chi connectivity index (χ3v) is 6.17. The fourth-order valence-electron chi connectivity index (χ4n) is 4.02. The summed E-state index contributed by atoms with van der Waals surface area (Å²) in [5, 5.41) is 8.65. The summed E-state index contributed by atoms with van der Waals surface area (Å²) in [7, 11) is 0. The van der Waals surface area contributed by atoms with E-state index >= 15 is 0 Å². The molecule has 34 heavy (non-hydrogen) atoms. The van der Waals surface area contributed by atoms with E-state index in [9.17, 15) is 9.59 Å². The zero-order valence-electron chi connectivity index (χ0n) is 20.6. The number of oxazole rings is 1. The second-order valence-corrected chi connectivity index (χ2v) is 9.29. The molecule has 1 aliphatic carbocycles. The number of benzene rings is 1. The highest BCUT2D eigenvalue weighted by molar-refractivity contribution is 5.86. The van der Waals surface area contributed by atoms with Crippen LogP contribution in [0, 0.1) is 5.92 Å². The van der Waals surface area contributed by atoms with Crippen molar-refractivity contribution >= 4 is 29.1 Å². The second-order valence-electron chi connectivity index (χ2n) is 9.29. The van der Waals surface area contributed by atoms with Crippen LogP contribution in [0.2, 0.25) is 0 Å². The van der Waals surface area contributed by atoms with Crippen LogP contribution in [0.3, 0.4) is 0 Å². The summed E-state index contributed by atoms with van der Waals surface area (Å²) in [5.41, 5.74) is 1.48. The highest BCUT2D eigenvalue weighted by Crippen LogP contribution is 2.22. The molecule has 3 N–H and O–H groups in total. The normalized spacial score (nSPS) is 18.4. The first-order valence-corrected chi connectivity index (χ1v) is 12.5. The number of morpholine rings is 1. The zero-order valence-corrected chi connectivity index (χ0v) is 20.6. The molecule has 1 saturated heterocycles. The van der Waals surface area contributed by atoms with Crippen LogP contribution >= 0.6 is 0 Å². The highest BCUT2D eigenvalue weighted by Gasteiger charge is 2.22. The average Bonchev–Trinajstić information content (AvgIpc) is 3.27. The minimum absolute atomic E-state index is 0.171. The van der Waals surface area contributed by atoms with E-state index in [1.165, 1.54) is 32.1 Å². The van der Waals surface area contributed by atoms with Gasteiger partial charge in [-0.2, -0.15) is 4.98 Å². The SMILES string of the molecule is CC1CCCCC1.C[C@H](NC(=O)N1CCOCC1)C(=O)N[C@@H](C)CNc1nc2ccccc2o1. The number of anilines is 1. The predicted molar refractivity (Wildman–Crippen MR) is 133 cm³/mol. The molecule has 3 amide bonds. The van der Waals surface area contributed by atoms with E-state index in [0.717, 1.165) is 11.4 Å². The number of carbonyl (C=O) groups is 2. The van der Waals surface area contributed by atoms with Crippen LogP contribution in [0.5, 0.6) is 0 Å². The van der Waals surface area contributed by atoms with Crippen molar-refractivity contribution in [3.8, 4) is 0 Å². The molecule has 2 aromatic rings. The Bertz CT molecular complexity index is 873. The Kier molecular flexibility index (Phi) is 10.00. The maximum Gasteiger partial charge on any atom is 0.318 e. The molecule has 0 bridgehead atoms. The summed E-state index contributed by atoms with van der Waals surface area (Å²) in [6.45, 7) is 8.44. The lowest BCUT2D eigenvalue weighted by Crippen LogP contribution is -2.53. The molecule has 0 radical (unpaired) electrons. The Balaban J connectivity index is 0.000000396. The van der Waals surface area contributed by atoms with Crippen LogP contribution < -0.4 is 16.0 Å². The number of aromatic nitrogens is 1. The van der Waals surface area contributed by atoms with Gasteiger partial charge in [0.05, 0.1) is 13.2 Å². The molecule has 1 aliphatic heterocycles. The van der Waals surface area contributed by atoms with Gasteiger partial charge >= 0.3 is 6.03 Å². The van der Waals surface area contributed by atoms with Crippen molar-refractivity contribution in [3.05, 3.63) is 24.3 Å². The highest BCUT2D eigenvalue weighted by atomic mass is 16.5. The quantitative estimate of drug-likeness (QED) is 0.589. The third kappa shape index (κ3) is 8.20. The molecule has 9 nitrogen and oxygen atoms in total. The van der Waals surface area contributed by atoms with E-state index < -0.39 is 6.04 Å². The molecular formula is C25H39N5O4. The van der Waals surface area contributed by atoms with E-state index in [2.05, 4.69) is 27.9 Å². The van der Waals surface area contributed by atoms with Crippen LogP contribution in [-0.2, 0) is 9.53 Å². The number of carbonyl (C=O) groups excluding carboxylic acids is 2. The number of fused-ring (bicyclic) bond motifs is 1. The summed E-state index contributed by atoms with van der Waals surface area (Å²) in [6, 6.07) is 6.84. The van der Waals surface area contributed by atoms with Crippen molar-refractivity contribution in [1.82, 2.24) is 20.5 Å². The monoisotopic (exact) mass is 473 g/mol. The third-order valence-electron chi connectivity index (χ3n) is 6.17. The van der Waals surface area contributed by atoms with Crippen molar-refractivity contribution in [3.63, 3.8) is 0 Å². The Hall–Kier alpha value is -2.81. The summed E-state index contributed by atoms with van der Waals surface area (Å²) in [6.07, 6.45) is 7.44. The number of ether oxygens (including phenoxy) is 1. The van der Waals surface area contributed by atoms with Crippen LogP contribution in [0.4, 0.5) is 10.8 Å². The van der Waals surface area contributed by atoms with Gasteiger partial charge in [0.15, 0.2) is 5.58 Å². The van der Waals surface area contributed by atoms with Gasteiger partial charge in [0.2, 0.25) is 5.91 Å². The molecule has 2 fully saturated rings. The topological polar surface area (TPSA) is 109 Å². The molecule has 9 heteroatoms. The molecule has 0 spiro atoms. The Morgan fingerprint density at radius 1 is 1.09 bits per heavy atom. The molecule has 2 heterocycles. The van der Waals surface area contributed by atoms with E-state index in [-0.39, 0.29) is 18.0 Å². The fourth-order valence-corrected chi connectivity index (χ4v) is 4.02. The van der Waals surface area contributed by atoms with Crippen LogP contribution in [-0.4, -0.2) is 66.8 Å². The number of rotatable bonds is 6. The molecule has 1 saturated carbocycles. The number of urea groups is 1. The number of para-hydroxylation sites is 2. The largest absolute Gasteiger partial charge is 0.424 e. The summed E-state index contributed by atoms with van der Waals surface area (Å²) in [4.78, 5) is 30.4. The molecule has 2 aliphatic rings. The minimum Gasteiger partial charge on any atom is -0.424 e. The summed E-state index contributed by atoms with van der Waals surface area (Å²) in [5.74, 6) is 0.789. The number of nitrogens with zero attached hydrogens (tertiary/aromatic N) is 2. The number of amides is 3. The molecular weight excluding hydrogens is 434 g/mol. The van der Waals surface area contributed by atoms with Crippen molar-refractivity contribution < 1.29 is 18.7 Å². The Morgan fingerprint density at radius 3 is 2.44 bits per heavy atom. The first-order chi connectivity index (χ1) is 16.4. The van der Waals surface area contributed by atoms with Crippen LogP contribution in [0.1, 0.15) is 52.9 Å². The smallest absolute Gasteiger partial charge is 0.318 e. The van der Waals surface area contributed by atoms with Crippen LogP contribution in [0.15, 0.2) is 28.7 Å². The van der Waals surface area contributed by atoms with Crippen molar-refractivity contribution in [2.24, 2.45) is 5.92 Å². The van der Waals surface area contributed by atoms with Gasteiger partial charge in [0, 0.05) is 25.7 Å². The zero-order chi connectivity index (χ0) is 24.3. The first-order valence-electron chi connectivity index (χ1n) is 12.5.